The van der Waals surface area contributed by atoms with E-state index < -0.39 is 0 Å². The van der Waals surface area contributed by atoms with Gasteiger partial charge in [-0.1, -0.05) is 30.2 Å². The van der Waals surface area contributed by atoms with Gasteiger partial charge in [-0.15, -0.1) is 11.3 Å². The van der Waals surface area contributed by atoms with E-state index >= 15 is 0 Å². The van der Waals surface area contributed by atoms with Gasteiger partial charge in [0.1, 0.15) is 0 Å². The van der Waals surface area contributed by atoms with Gasteiger partial charge in [-0.2, -0.15) is 0 Å². The maximum absolute atomic E-state index is 12.6. The standard InChI is InChI=1S/C23H23N3O2S/c1-4-21(27)26-8-7-17-12-16(5-6-20(17)26)19-13-29-23(24-19)25-22(28)18-10-14(2)9-15(3)11-18/h5-6,9-13H,4,7-8H2,1-3H3,(H,24,25,28). The highest BCUT2D eigenvalue weighted by Gasteiger charge is 2.24. The van der Waals surface area contributed by atoms with E-state index in [9.17, 15) is 9.59 Å². The molecule has 0 atom stereocenters. The summed E-state index contributed by atoms with van der Waals surface area (Å²) in [4.78, 5) is 31.1. The second-order valence-electron chi connectivity index (χ2n) is 7.36. The van der Waals surface area contributed by atoms with Gasteiger partial charge in [-0.05, 0) is 50.1 Å². The molecule has 0 bridgehead atoms. The van der Waals surface area contributed by atoms with E-state index in [0.29, 0.717) is 17.1 Å². The fraction of sp³-hybridized carbons (Fsp3) is 0.261. The van der Waals surface area contributed by atoms with Crippen LogP contribution in [0.25, 0.3) is 11.3 Å². The second-order valence-corrected chi connectivity index (χ2v) is 8.22. The largest absolute Gasteiger partial charge is 0.312 e. The number of amides is 2. The number of aromatic nitrogens is 1. The molecule has 1 aliphatic rings. The summed E-state index contributed by atoms with van der Waals surface area (Å²) in [5.41, 5.74) is 6.74. The van der Waals surface area contributed by atoms with Crippen molar-refractivity contribution in [3.05, 3.63) is 64.0 Å². The lowest BCUT2D eigenvalue weighted by Gasteiger charge is -2.16. The number of benzene rings is 2. The summed E-state index contributed by atoms with van der Waals surface area (Å²) >= 11 is 1.41. The SMILES string of the molecule is CCC(=O)N1CCc2cc(-c3csc(NC(=O)c4cc(C)cc(C)c4)n3)ccc21. The lowest BCUT2D eigenvalue weighted by molar-refractivity contribution is -0.118. The summed E-state index contributed by atoms with van der Waals surface area (Å²) in [6.45, 7) is 6.58. The molecule has 0 saturated heterocycles. The highest BCUT2D eigenvalue weighted by molar-refractivity contribution is 7.14. The molecule has 0 fully saturated rings. The van der Waals surface area contributed by atoms with Crippen LogP contribution in [0.1, 0.15) is 40.4 Å². The molecule has 0 unspecified atom stereocenters. The molecule has 2 amide bonds. The molecule has 2 aromatic carbocycles. The van der Waals surface area contributed by atoms with Gasteiger partial charge in [0, 0.05) is 35.2 Å². The normalized spacial score (nSPS) is 12.7. The van der Waals surface area contributed by atoms with Crippen LogP contribution in [0.3, 0.4) is 0 Å². The Labute approximate surface area is 174 Å². The topological polar surface area (TPSA) is 62.3 Å². The van der Waals surface area contributed by atoms with Crippen LogP contribution in [0.2, 0.25) is 0 Å². The number of hydrogen-bond acceptors (Lipinski definition) is 4. The predicted molar refractivity (Wildman–Crippen MR) is 118 cm³/mol. The molecule has 0 radical (unpaired) electrons. The predicted octanol–water partition coefficient (Wildman–Crippen LogP) is 4.98. The minimum atomic E-state index is -0.152. The quantitative estimate of drug-likeness (QED) is 0.666. The van der Waals surface area contributed by atoms with E-state index in [1.807, 2.05) is 61.4 Å². The highest BCUT2D eigenvalue weighted by atomic mass is 32.1. The Hall–Kier alpha value is -2.99. The van der Waals surface area contributed by atoms with Gasteiger partial charge in [-0.3, -0.25) is 14.9 Å². The van der Waals surface area contributed by atoms with Gasteiger partial charge >= 0.3 is 0 Å². The first-order chi connectivity index (χ1) is 13.9. The van der Waals surface area contributed by atoms with Crippen LogP contribution >= 0.6 is 11.3 Å². The minimum Gasteiger partial charge on any atom is -0.312 e. The molecule has 0 spiro atoms. The summed E-state index contributed by atoms with van der Waals surface area (Å²) in [5, 5.41) is 5.42. The average Bonchev–Trinajstić information content (AvgIpc) is 3.33. The monoisotopic (exact) mass is 405 g/mol. The third kappa shape index (κ3) is 3.93. The van der Waals surface area contributed by atoms with Crippen LogP contribution in [0, 0.1) is 13.8 Å². The average molecular weight is 406 g/mol. The van der Waals surface area contributed by atoms with E-state index in [2.05, 4.69) is 16.4 Å². The van der Waals surface area contributed by atoms with Crippen molar-refractivity contribution in [3.8, 4) is 11.3 Å². The third-order valence-corrected chi connectivity index (χ3v) is 5.84. The molecular formula is C23H23N3O2S. The summed E-state index contributed by atoms with van der Waals surface area (Å²) < 4.78 is 0. The van der Waals surface area contributed by atoms with Gasteiger partial charge in [0.05, 0.1) is 5.69 Å². The summed E-state index contributed by atoms with van der Waals surface area (Å²) in [6, 6.07) is 11.9. The van der Waals surface area contributed by atoms with E-state index in [4.69, 9.17) is 0 Å². The molecule has 4 rings (SSSR count). The van der Waals surface area contributed by atoms with Crippen LogP contribution in [-0.4, -0.2) is 23.3 Å². The zero-order valence-electron chi connectivity index (χ0n) is 16.8. The molecule has 3 aromatic rings. The maximum atomic E-state index is 12.6. The molecule has 1 N–H and O–H groups in total. The van der Waals surface area contributed by atoms with Gasteiger partial charge in [0.25, 0.3) is 5.91 Å². The van der Waals surface area contributed by atoms with Gasteiger partial charge in [0.15, 0.2) is 5.13 Å². The number of aryl methyl sites for hydroxylation is 2. The van der Waals surface area contributed by atoms with Crippen molar-refractivity contribution in [3.63, 3.8) is 0 Å². The van der Waals surface area contributed by atoms with Crippen molar-refractivity contribution >= 4 is 34.0 Å². The zero-order chi connectivity index (χ0) is 20.5. The Balaban J connectivity index is 1.52. The molecule has 0 aliphatic carbocycles. The number of nitrogens with zero attached hydrogens (tertiary/aromatic N) is 2. The number of hydrogen-bond donors (Lipinski definition) is 1. The fourth-order valence-corrected chi connectivity index (χ4v) is 4.46. The van der Waals surface area contributed by atoms with Crippen LogP contribution in [-0.2, 0) is 11.2 Å². The zero-order valence-corrected chi connectivity index (χ0v) is 17.6. The fourth-order valence-electron chi connectivity index (χ4n) is 3.75. The summed E-state index contributed by atoms with van der Waals surface area (Å²) in [7, 11) is 0. The Morgan fingerprint density at radius 1 is 1.14 bits per heavy atom. The Bertz CT molecular complexity index is 1080. The molecule has 2 heterocycles. The van der Waals surface area contributed by atoms with Gasteiger partial charge in [-0.25, -0.2) is 4.98 Å². The summed E-state index contributed by atoms with van der Waals surface area (Å²) in [5.74, 6) is 0.00177. The molecule has 148 valence electrons. The summed E-state index contributed by atoms with van der Waals surface area (Å²) in [6.07, 6.45) is 1.37. The molecule has 1 aromatic heterocycles. The van der Waals surface area contributed by atoms with Crippen molar-refractivity contribution in [2.45, 2.75) is 33.6 Å². The first-order valence-corrected chi connectivity index (χ1v) is 10.6. The first kappa shape index (κ1) is 19.3. The van der Waals surface area contributed by atoms with Crippen LogP contribution in [0.4, 0.5) is 10.8 Å². The van der Waals surface area contributed by atoms with Gasteiger partial charge in [0.2, 0.25) is 5.91 Å². The maximum Gasteiger partial charge on any atom is 0.257 e. The van der Waals surface area contributed by atoms with Crippen molar-refractivity contribution in [2.24, 2.45) is 0 Å². The first-order valence-electron chi connectivity index (χ1n) is 9.73. The highest BCUT2D eigenvalue weighted by Crippen LogP contribution is 2.33. The minimum absolute atomic E-state index is 0.152. The third-order valence-electron chi connectivity index (χ3n) is 5.08. The van der Waals surface area contributed by atoms with Gasteiger partial charge < -0.3 is 4.90 Å². The second kappa shape index (κ2) is 7.79. The number of carbonyl (C=O) groups is 2. The molecule has 6 heteroatoms. The van der Waals surface area contributed by atoms with E-state index in [1.54, 1.807) is 0 Å². The number of thiazole rings is 1. The molecule has 5 nitrogen and oxygen atoms in total. The van der Waals surface area contributed by atoms with E-state index in [1.165, 1.54) is 11.3 Å². The van der Waals surface area contributed by atoms with E-state index in [-0.39, 0.29) is 11.8 Å². The van der Waals surface area contributed by atoms with Crippen molar-refractivity contribution in [2.75, 3.05) is 16.8 Å². The molecule has 1 aliphatic heterocycles. The number of rotatable bonds is 4. The number of fused-ring (bicyclic) bond motifs is 1. The molecular weight excluding hydrogens is 382 g/mol. The number of carbonyl (C=O) groups excluding carboxylic acids is 2. The van der Waals surface area contributed by atoms with Crippen molar-refractivity contribution in [1.82, 2.24) is 4.98 Å². The van der Waals surface area contributed by atoms with E-state index in [0.717, 1.165) is 46.6 Å². The van der Waals surface area contributed by atoms with Crippen LogP contribution in [0.5, 0.6) is 0 Å². The molecule has 29 heavy (non-hydrogen) atoms. The Morgan fingerprint density at radius 2 is 1.90 bits per heavy atom. The Morgan fingerprint density at radius 3 is 2.62 bits per heavy atom. The molecule has 0 saturated carbocycles. The lowest BCUT2D eigenvalue weighted by Crippen LogP contribution is -2.27. The lowest BCUT2D eigenvalue weighted by atomic mass is 10.1. The number of anilines is 2. The van der Waals surface area contributed by atoms with Crippen molar-refractivity contribution in [1.29, 1.82) is 0 Å². The van der Waals surface area contributed by atoms with Crippen LogP contribution < -0.4 is 10.2 Å². The number of nitrogens with one attached hydrogen (secondary N) is 1. The van der Waals surface area contributed by atoms with Crippen molar-refractivity contribution < 1.29 is 9.59 Å². The Kier molecular flexibility index (Phi) is 5.20. The van der Waals surface area contributed by atoms with Crippen LogP contribution in [0.15, 0.2) is 41.8 Å². The smallest absolute Gasteiger partial charge is 0.257 e.